The van der Waals surface area contributed by atoms with E-state index in [0.29, 0.717) is 19.5 Å². The molecule has 1 fully saturated rings. The molecule has 0 radical (unpaired) electrons. The largest absolute Gasteiger partial charge is 0.481 e. The Morgan fingerprint density at radius 2 is 2.30 bits per heavy atom. The van der Waals surface area contributed by atoms with E-state index in [-0.39, 0.29) is 11.8 Å². The van der Waals surface area contributed by atoms with Gasteiger partial charge < -0.3 is 10.0 Å². The van der Waals surface area contributed by atoms with E-state index in [9.17, 15) is 14.7 Å². The standard InChI is InChI=1S/C15H19NO3S/c1-15(14(18)19)6-7-16(9-15)13(17)11-3-2-4-12-10(11)5-8-20-12/h5,8,11H,2-4,6-7,9H2,1H3,(H,18,19). The van der Waals surface area contributed by atoms with Crippen molar-refractivity contribution < 1.29 is 14.7 Å². The molecule has 108 valence electrons. The van der Waals surface area contributed by atoms with Crippen molar-refractivity contribution in [3.05, 3.63) is 21.9 Å². The molecule has 0 spiro atoms. The van der Waals surface area contributed by atoms with Crippen LogP contribution in [0.3, 0.4) is 0 Å². The molecule has 1 aliphatic carbocycles. The molecule has 0 aromatic carbocycles. The molecule has 2 unspecified atom stereocenters. The summed E-state index contributed by atoms with van der Waals surface area (Å²) in [7, 11) is 0. The molecule has 4 nitrogen and oxygen atoms in total. The van der Waals surface area contributed by atoms with Crippen LogP contribution in [-0.2, 0) is 16.0 Å². The van der Waals surface area contributed by atoms with Crippen LogP contribution in [0.1, 0.15) is 42.5 Å². The second-order valence-corrected chi connectivity index (χ2v) is 7.12. The number of amides is 1. The molecular weight excluding hydrogens is 274 g/mol. The summed E-state index contributed by atoms with van der Waals surface area (Å²) in [6.45, 7) is 2.65. The zero-order valence-corrected chi connectivity index (χ0v) is 12.4. The lowest BCUT2D eigenvalue weighted by atomic mass is 9.86. The summed E-state index contributed by atoms with van der Waals surface area (Å²) in [6, 6.07) is 2.06. The number of carboxylic acid groups (broad SMARTS) is 1. The van der Waals surface area contributed by atoms with Crippen LogP contribution in [0.25, 0.3) is 0 Å². The lowest BCUT2D eigenvalue weighted by molar-refractivity contribution is -0.147. The summed E-state index contributed by atoms with van der Waals surface area (Å²) in [5, 5.41) is 11.3. The molecule has 1 aromatic rings. The van der Waals surface area contributed by atoms with Gasteiger partial charge in [0.2, 0.25) is 5.91 Å². The Bertz CT molecular complexity index is 553. The number of likely N-dealkylation sites (tertiary alicyclic amines) is 1. The van der Waals surface area contributed by atoms with Crippen molar-refractivity contribution in [2.75, 3.05) is 13.1 Å². The number of thiophene rings is 1. The van der Waals surface area contributed by atoms with Gasteiger partial charge in [0.25, 0.3) is 0 Å². The summed E-state index contributed by atoms with van der Waals surface area (Å²) in [5.41, 5.74) is 0.400. The van der Waals surface area contributed by atoms with Gasteiger partial charge in [-0.05, 0) is 49.6 Å². The third-order valence-corrected chi connectivity index (χ3v) is 5.65. The zero-order chi connectivity index (χ0) is 14.3. The Morgan fingerprint density at radius 3 is 3.00 bits per heavy atom. The number of fused-ring (bicyclic) bond motifs is 1. The second kappa shape index (κ2) is 4.88. The van der Waals surface area contributed by atoms with Gasteiger partial charge in [-0.2, -0.15) is 0 Å². The Balaban J connectivity index is 1.77. The number of carboxylic acids is 1. The van der Waals surface area contributed by atoms with E-state index in [1.807, 2.05) is 0 Å². The summed E-state index contributed by atoms with van der Waals surface area (Å²) >= 11 is 1.73. The number of carbonyl (C=O) groups is 2. The number of hydrogen-bond acceptors (Lipinski definition) is 3. The van der Waals surface area contributed by atoms with E-state index in [4.69, 9.17) is 0 Å². The molecular formula is C15H19NO3S. The van der Waals surface area contributed by atoms with Gasteiger partial charge in [0.1, 0.15) is 0 Å². The van der Waals surface area contributed by atoms with Crippen molar-refractivity contribution in [2.45, 2.75) is 38.5 Å². The van der Waals surface area contributed by atoms with Gasteiger partial charge in [0.05, 0.1) is 11.3 Å². The van der Waals surface area contributed by atoms with E-state index >= 15 is 0 Å². The van der Waals surface area contributed by atoms with E-state index in [2.05, 4.69) is 11.4 Å². The van der Waals surface area contributed by atoms with Crippen molar-refractivity contribution in [1.82, 2.24) is 4.90 Å². The van der Waals surface area contributed by atoms with Gasteiger partial charge in [-0.1, -0.05) is 0 Å². The Hall–Kier alpha value is -1.36. The minimum Gasteiger partial charge on any atom is -0.481 e. The predicted molar refractivity (Wildman–Crippen MR) is 76.9 cm³/mol. The number of hydrogen-bond donors (Lipinski definition) is 1. The minimum absolute atomic E-state index is 0.0545. The Labute approximate surface area is 122 Å². The maximum atomic E-state index is 12.7. The molecule has 5 heteroatoms. The molecule has 1 aromatic heterocycles. The molecule has 2 heterocycles. The fourth-order valence-corrected chi connectivity index (χ4v) is 4.27. The van der Waals surface area contributed by atoms with Crippen LogP contribution in [0.4, 0.5) is 0 Å². The summed E-state index contributed by atoms with van der Waals surface area (Å²) in [4.78, 5) is 27.1. The van der Waals surface area contributed by atoms with Gasteiger partial charge in [-0.15, -0.1) is 11.3 Å². The molecule has 1 N–H and O–H groups in total. The topological polar surface area (TPSA) is 57.6 Å². The maximum absolute atomic E-state index is 12.7. The molecule has 1 saturated heterocycles. The predicted octanol–water partition coefficient (Wildman–Crippen LogP) is 2.49. The molecule has 20 heavy (non-hydrogen) atoms. The first-order valence-corrected chi connectivity index (χ1v) is 7.98. The van der Waals surface area contributed by atoms with Gasteiger partial charge in [0.15, 0.2) is 0 Å². The molecule has 2 aliphatic rings. The van der Waals surface area contributed by atoms with Crippen molar-refractivity contribution in [2.24, 2.45) is 5.41 Å². The number of aliphatic carboxylic acids is 1. The van der Waals surface area contributed by atoms with Crippen LogP contribution >= 0.6 is 11.3 Å². The van der Waals surface area contributed by atoms with Gasteiger partial charge in [-0.3, -0.25) is 9.59 Å². The van der Waals surface area contributed by atoms with Gasteiger partial charge >= 0.3 is 5.97 Å². The Kier molecular flexibility index (Phi) is 3.32. The molecule has 0 bridgehead atoms. The average molecular weight is 293 g/mol. The molecule has 2 atom stereocenters. The quantitative estimate of drug-likeness (QED) is 0.911. The fraction of sp³-hybridized carbons (Fsp3) is 0.600. The summed E-state index contributed by atoms with van der Waals surface area (Å²) in [6.07, 6.45) is 3.57. The normalized spacial score (nSPS) is 29.2. The Morgan fingerprint density at radius 1 is 1.50 bits per heavy atom. The van der Waals surface area contributed by atoms with E-state index < -0.39 is 11.4 Å². The highest BCUT2D eigenvalue weighted by Crippen LogP contribution is 2.38. The number of nitrogens with zero attached hydrogens (tertiary/aromatic N) is 1. The molecule has 1 aliphatic heterocycles. The highest BCUT2D eigenvalue weighted by molar-refractivity contribution is 7.10. The van der Waals surface area contributed by atoms with Gasteiger partial charge in [-0.25, -0.2) is 0 Å². The first-order valence-electron chi connectivity index (χ1n) is 7.10. The highest BCUT2D eigenvalue weighted by Gasteiger charge is 2.44. The minimum atomic E-state index is -0.798. The van der Waals surface area contributed by atoms with Crippen molar-refractivity contribution >= 4 is 23.2 Å². The van der Waals surface area contributed by atoms with Crippen LogP contribution in [0.2, 0.25) is 0 Å². The number of carbonyl (C=O) groups excluding carboxylic acids is 1. The van der Waals surface area contributed by atoms with E-state index in [1.165, 1.54) is 10.4 Å². The van der Waals surface area contributed by atoms with Crippen LogP contribution in [0.15, 0.2) is 11.4 Å². The lowest BCUT2D eigenvalue weighted by Gasteiger charge is -2.27. The molecule has 1 amide bonds. The summed E-state index contributed by atoms with van der Waals surface area (Å²) in [5.74, 6) is -0.733. The van der Waals surface area contributed by atoms with Crippen molar-refractivity contribution in [1.29, 1.82) is 0 Å². The van der Waals surface area contributed by atoms with Crippen LogP contribution < -0.4 is 0 Å². The SMILES string of the molecule is CC1(C(=O)O)CCN(C(=O)C2CCCc3sccc32)C1. The third-order valence-electron chi connectivity index (χ3n) is 4.65. The number of rotatable bonds is 2. The van der Waals surface area contributed by atoms with Crippen molar-refractivity contribution in [3.63, 3.8) is 0 Å². The number of aryl methyl sites for hydroxylation is 1. The highest BCUT2D eigenvalue weighted by atomic mass is 32.1. The molecule has 0 saturated carbocycles. The third kappa shape index (κ3) is 2.14. The smallest absolute Gasteiger partial charge is 0.311 e. The zero-order valence-electron chi connectivity index (χ0n) is 11.6. The fourth-order valence-electron chi connectivity index (χ4n) is 3.29. The maximum Gasteiger partial charge on any atom is 0.311 e. The second-order valence-electron chi connectivity index (χ2n) is 6.12. The van der Waals surface area contributed by atoms with Crippen LogP contribution in [-0.4, -0.2) is 35.0 Å². The van der Waals surface area contributed by atoms with Crippen LogP contribution in [0, 0.1) is 5.41 Å². The average Bonchev–Trinajstić information content (AvgIpc) is 3.04. The van der Waals surface area contributed by atoms with Crippen LogP contribution in [0.5, 0.6) is 0 Å². The summed E-state index contributed by atoms with van der Waals surface area (Å²) < 4.78 is 0. The lowest BCUT2D eigenvalue weighted by Crippen LogP contribution is -2.38. The monoisotopic (exact) mass is 293 g/mol. The van der Waals surface area contributed by atoms with Crippen molar-refractivity contribution in [3.8, 4) is 0 Å². The molecule has 3 rings (SSSR count). The van der Waals surface area contributed by atoms with Gasteiger partial charge in [0, 0.05) is 18.0 Å². The van der Waals surface area contributed by atoms with E-state index in [1.54, 1.807) is 23.2 Å². The first kappa shape index (κ1) is 13.6. The first-order chi connectivity index (χ1) is 9.51. The van der Waals surface area contributed by atoms with E-state index in [0.717, 1.165) is 19.3 Å².